The van der Waals surface area contributed by atoms with E-state index in [4.69, 9.17) is 16.2 Å². The highest BCUT2D eigenvalue weighted by Crippen LogP contribution is 2.40. The molecule has 1 fully saturated rings. The van der Waals surface area contributed by atoms with Crippen LogP contribution in [0.3, 0.4) is 0 Å². The van der Waals surface area contributed by atoms with E-state index in [1.54, 1.807) is 0 Å². The molecule has 2 rings (SSSR count). The third-order valence-corrected chi connectivity index (χ3v) is 4.45. The van der Waals surface area contributed by atoms with Crippen molar-refractivity contribution in [1.82, 2.24) is 4.98 Å². The Kier molecular flexibility index (Phi) is 9.43. The van der Waals surface area contributed by atoms with Crippen molar-refractivity contribution < 1.29 is 17.9 Å². The molecule has 0 radical (unpaired) electrons. The maximum absolute atomic E-state index is 13.3. The largest absolute Gasteiger partial charge is 0.491 e. The number of alkyl halides is 3. The molecular formula is C23H28F3N7O. The Morgan fingerprint density at radius 3 is 2.56 bits per heavy atom. The lowest BCUT2D eigenvalue weighted by atomic mass is 10.1. The topological polar surface area (TPSA) is 124 Å². The van der Waals surface area contributed by atoms with E-state index in [9.17, 15) is 13.2 Å². The summed E-state index contributed by atoms with van der Waals surface area (Å²) in [6.45, 7) is 11.1. The zero-order chi connectivity index (χ0) is 25.3. The number of hydrogen-bond donors (Lipinski definition) is 2. The van der Waals surface area contributed by atoms with E-state index in [1.807, 2.05) is 13.8 Å². The quantitative estimate of drug-likeness (QED) is 0.216. The fourth-order valence-corrected chi connectivity index (χ4v) is 2.79. The van der Waals surface area contributed by atoms with Crippen molar-refractivity contribution in [3.63, 3.8) is 0 Å². The third kappa shape index (κ3) is 8.07. The Bertz CT molecular complexity index is 1050. The molecule has 34 heavy (non-hydrogen) atoms. The first-order valence-electron chi connectivity index (χ1n) is 10.4. The van der Waals surface area contributed by atoms with Gasteiger partial charge in [0.2, 0.25) is 0 Å². The smallest absolute Gasteiger partial charge is 0.433 e. The molecule has 1 heterocycles. The van der Waals surface area contributed by atoms with E-state index in [-0.39, 0.29) is 30.1 Å². The molecule has 0 aromatic carbocycles. The van der Waals surface area contributed by atoms with Crippen LogP contribution in [0.1, 0.15) is 49.6 Å². The van der Waals surface area contributed by atoms with Crippen molar-refractivity contribution in [2.45, 2.75) is 44.9 Å². The van der Waals surface area contributed by atoms with Crippen molar-refractivity contribution in [3.8, 4) is 0 Å². The van der Waals surface area contributed by atoms with Crippen LogP contribution in [0.25, 0.3) is 0 Å². The van der Waals surface area contributed by atoms with Crippen LogP contribution in [0.5, 0.6) is 0 Å². The lowest BCUT2D eigenvalue weighted by Crippen LogP contribution is -2.17. The minimum atomic E-state index is -4.59. The molecule has 0 unspecified atom stereocenters. The fourth-order valence-electron chi connectivity index (χ4n) is 2.79. The van der Waals surface area contributed by atoms with Crippen molar-refractivity contribution in [2.24, 2.45) is 31.4 Å². The van der Waals surface area contributed by atoms with E-state index in [0.717, 1.165) is 25.2 Å². The summed E-state index contributed by atoms with van der Waals surface area (Å²) in [5, 5.41) is 0. The fraction of sp³-hybridized carbons (Fsp3) is 0.348. The summed E-state index contributed by atoms with van der Waals surface area (Å²) >= 11 is 0. The minimum Gasteiger partial charge on any atom is -0.491 e. The molecule has 8 nitrogen and oxygen atoms in total. The first-order valence-corrected chi connectivity index (χ1v) is 10.4. The van der Waals surface area contributed by atoms with E-state index < -0.39 is 11.9 Å². The summed E-state index contributed by atoms with van der Waals surface area (Å²) in [7, 11) is 0. The number of rotatable bonds is 11. The van der Waals surface area contributed by atoms with Crippen molar-refractivity contribution in [1.29, 1.82) is 0 Å². The maximum atomic E-state index is 13.3. The van der Waals surface area contributed by atoms with Crippen LogP contribution < -0.4 is 11.5 Å². The molecule has 0 atom stereocenters. The zero-order valence-electron chi connectivity index (χ0n) is 19.1. The summed E-state index contributed by atoms with van der Waals surface area (Å²) < 4.78 is 45.4. The number of hydrogen-bond acceptors (Lipinski definition) is 6. The van der Waals surface area contributed by atoms with Gasteiger partial charge in [-0.05, 0) is 45.5 Å². The Morgan fingerprint density at radius 2 is 2.00 bits per heavy atom. The van der Waals surface area contributed by atoms with Crippen LogP contribution in [0.4, 0.5) is 13.2 Å². The number of halogens is 3. The third-order valence-electron chi connectivity index (χ3n) is 4.45. The van der Waals surface area contributed by atoms with Crippen LogP contribution in [-0.2, 0) is 10.9 Å². The van der Waals surface area contributed by atoms with Gasteiger partial charge in [-0.1, -0.05) is 6.58 Å². The van der Waals surface area contributed by atoms with Gasteiger partial charge in [0.1, 0.15) is 23.6 Å². The molecule has 182 valence electrons. The average Bonchev–Trinajstić information content (AvgIpc) is 3.61. The first-order chi connectivity index (χ1) is 16.1. The number of amidine groups is 1. The van der Waals surface area contributed by atoms with Gasteiger partial charge < -0.3 is 16.2 Å². The van der Waals surface area contributed by atoms with Crippen molar-refractivity contribution in [2.75, 3.05) is 6.67 Å². The van der Waals surface area contributed by atoms with Gasteiger partial charge in [0.05, 0.1) is 12.8 Å². The molecule has 11 heteroatoms. The van der Waals surface area contributed by atoms with Crippen LogP contribution >= 0.6 is 0 Å². The predicted molar refractivity (Wildman–Crippen MR) is 129 cm³/mol. The van der Waals surface area contributed by atoms with Gasteiger partial charge in [0, 0.05) is 46.9 Å². The molecule has 0 bridgehead atoms. The molecule has 1 aromatic heterocycles. The van der Waals surface area contributed by atoms with E-state index in [0.29, 0.717) is 22.6 Å². The number of allylic oxidation sites excluding steroid dienone is 1. The number of pyridine rings is 1. The molecule has 1 aliphatic rings. The first kappa shape index (κ1) is 26.7. The van der Waals surface area contributed by atoms with Gasteiger partial charge in [-0.25, -0.2) is 15.0 Å². The number of nitrogens with two attached hydrogens (primary N) is 2. The van der Waals surface area contributed by atoms with Crippen molar-refractivity contribution >= 4 is 25.1 Å². The number of aromatic nitrogens is 1. The summed E-state index contributed by atoms with van der Waals surface area (Å²) in [6, 6.07) is 2.40. The summed E-state index contributed by atoms with van der Waals surface area (Å²) in [5.41, 5.74) is 11.8. The molecule has 1 aromatic rings. The molecule has 4 N–H and O–H groups in total. The molecule has 0 amide bonds. The monoisotopic (exact) mass is 475 g/mol. The molecule has 1 saturated carbocycles. The van der Waals surface area contributed by atoms with Gasteiger partial charge in [0.25, 0.3) is 0 Å². The summed E-state index contributed by atoms with van der Waals surface area (Å²) in [5.74, 6) is 0.179. The van der Waals surface area contributed by atoms with Gasteiger partial charge in [0.15, 0.2) is 0 Å². The van der Waals surface area contributed by atoms with Gasteiger partial charge in [-0.2, -0.15) is 13.2 Å². The minimum absolute atomic E-state index is 0.0128. The van der Waals surface area contributed by atoms with Crippen LogP contribution in [0.15, 0.2) is 68.0 Å². The normalized spacial score (nSPS) is 16.0. The molecule has 0 aliphatic heterocycles. The maximum Gasteiger partial charge on any atom is 0.433 e. The van der Waals surface area contributed by atoms with Crippen LogP contribution in [-0.4, -0.2) is 42.9 Å². The highest BCUT2D eigenvalue weighted by Gasteiger charge is 2.35. The number of ether oxygens (including phenoxy) is 1. The predicted octanol–water partition coefficient (Wildman–Crippen LogP) is 4.11. The van der Waals surface area contributed by atoms with E-state index in [2.05, 4.69) is 38.3 Å². The van der Waals surface area contributed by atoms with Crippen LogP contribution in [0, 0.1) is 0 Å². The second kappa shape index (κ2) is 12.0. The number of aliphatic imine (C=N–C) groups is 4. The average molecular weight is 476 g/mol. The van der Waals surface area contributed by atoms with Gasteiger partial charge >= 0.3 is 6.18 Å². The van der Waals surface area contributed by atoms with Gasteiger partial charge in [-0.3, -0.25) is 9.98 Å². The lowest BCUT2D eigenvalue weighted by Gasteiger charge is -2.15. The van der Waals surface area contributed by atoms with E-state index in [1.165, 1.54) is 24.7 Å². The second-order valence-corrected chi connectivity index (χ2v) is 7.61. The summed E-state index contributed by atoms with van der Waals surface area (Å²) in [6.07, 6.45) is 2.25. The molecular weight excluding hydrogens is 447 g/mol. The Balaban J connectivity index is 2.37. The Hall–Kier alpha value is -3.60. The second-order valence-electron chi connectivity index (χ2n) is 7.61. The Morgan fingerprint density at radius 1 is 1.29 bits per heavy atom. The van der Waals surface area contributed by atoms with Crippen LogP contribution in [0.2, 0.25) is 0 Å². The zero-order valence-corrected chi connectivity index (χ0v) is 19.1. The number of nitrogens with zero attached hydrogens (tertiary/aromatic N) is 5. The molecule has 0 spiro atoms. The van der Waals surface area contributed by atoms with Crippen molar-refractivity contribution in [3.05, 3.63) is 65.0 Å². The standard InChI is InChI=1S/C23H28F3N7O/c1-14(2)34-15(3)19(18(9-29-4)10-30-12-27)11-31-13-32-22(28)17-7-20(16-5-6-16)33-21(8-17)23(24,25)26/h7-11,13-14,16H,3-6,12,27H2,1-2H3,(H2,28,31,32)/b18-9+,19-11-,30-10?. The van der Waals surface area contributed by atoms with Gasteiger partial charge in [-0.15, -0.1) is 0 Å². The molecule has 0 saturated heterocycles. The summed E-state index contributed by atoms with van der Waals surface area (Å²) in [4.78, 5) is 19.5. The Labute approximate surface area is 196 Å². The highest BCUT2D eigenvalue weighted by atomic mass is 19.4. The molecule has 1 aliphatic carbocycles. The lowest BCUT2D eigenvalue weighted by molar-refractivity contribution is -0.141. The highest BCUT2D eigenvalue weighted by molar-refractivity contribution is 6.01. The SMILES string of the molecule is C=N/C=C(C=NCN)/C(=C\N=CN=C(N)c1cc(C2CC2)nc(C(F)(F)F)c1)C(=C)OC(C)C. The van der Waals surface area contributed by atoms with E-state index >= 15 is 0 Å².